The number of amides is 2. The molecule has 0 radical (unpaired) electrons. The van der Waals surface area contributed by atoms with Gasteiger partial charge in [-0.15, -0.1) is 0 Å². The van der Waals surface area contributed by atoms with Gasteiger partial charge in [0.2, 0.25) is 0 Å². The van der Waals surface area contributed by atoms with E-state index in [0.717, 1.165) is 0 Å². The Morgan fingerprint density at radius 2 is 1.74 bits per heavy atom. The van der Waals surface area contributed by atoms with Crippen LogP contribution in [0.2, 0.25) is 10.0 Å². The molecule has 0 aliphatic heterocycles. The molecule has 19 heavy (non-hydrogen) atoms. The van der Waals surface area contributed by atoms with Gasteiger partial charge in [0.1, 0.15) is 6.04 Å². The van der Waals surface area contributed by atoms with Crippen molar-refractivity contribution in [3.63, 3.8) is 0 Å². The molecule has 0 saturated heterocycles. The number of carboxylic acids is 1. The first-order valence-electron chi connectivity index (χ1n) is 5.57. The van der Waals surface area contributed by atoms with E-state index >= 15 is 0 Å². The molecule has 104 valence electrons. The molecule has 3 N–H and O–H groups in total. The molecule has 0 unspecified atom stereocenters. The van der Waals surface area contributed by atoms with Gasteiger partial charge in [0, 0.05) is 0 Å². The first kappa shape index (κ1) is 15.6. The highest BCUT2D eigenvalue weighted by molar-refractivity contribution is 6.39. The molecular weight excluding hydrogens is 291 g/mol. The lowest BCUT2D eigenvalue weighted by Crippen LogP contribution is -2.46. The molecule has 0 aliphatic rings. The average molecular weight is 305 g/mol. The number of aliphatic carboxylic acids is 1. The maximum absolute atomic E-state index is 11.7. The van der Waals surface area contributed by atoms with E-state index in [2.05, 4.69) is 10.6 Å². The monoisotopic (exact) mass is 304 g/mol. The highest BCUT2D eigenvalue weighted by Gasteiger charge is 2.23. The molecule has 0 saturated carbocycles. The Morgan fingerprint density at radius 1 is 1.21 bits per heavy atom. The highest BCUT2D eigenvalue weighted by Crippen LogP contribution is 2.29. The van der Waals surface area contributed by atoms with Crippen LogP contribution >= 0.6 is 23.2 Å². The Hall–Kier alpha value is -1.46. The summed E-state index contributed by atoms with van der Waals surface area (Å²) < 4.78 is 0. The third-order valence-electron chi connectivity index (χ3n) is 2.42. The third kappa shape index (κ3) is 4.29. The number of hydrogen-bond donors (Lipinski definition) is 3. The zero-order chi connectivity index (χ0) is 14.6. The lowest BCUT2D eigenvalue weighted by molar-refractivity contribution is -0.140. The number of hydrogen-bond acceptors (Lipinski definition) is 2. The number of benzene rings is 1. The minimum Gasteiger partial charge on any atom is -0.480 e. The Kier molecular flexibility index (Phi) is 5.44. The second-order valence-electron chi connectivity index (χ2n) is 4.26. The summed E-state index contributed by atoms with van der Waals surface area (Å²) in [5.74, 6) is -1.35. The molecule has 0 aromatic heterocycles. The van der Waals surface area contributed by atoms with Crippen LogP contribution < -0.4 is 10.6 Å². The number of anilines is 1. The van der Waals surface area contributed by atoms with Gasteiger partial charge < -0.3 is 15.7 Å². The van der Waals surface area contributed by atoms with Crippen LogP contribution in [0.3, 0.4) is 0 Å². The molecule has 1 atom stereocenters. The van der Waals surface area contributed by atoms with Crippen LogP contribution in [-0.4, -0.2) is 23.1 Å². The van der Waals surface area contributed by atoms with E-state index in [4.69, 9.17) is 28.3 Å². The van der Waals surface area contributed by atoms with E-state index in [-0.39, 0.29) is 21.7 Å². The van der Waals surface area contributed by atoms with Crippen molar-refractivity contribution in [2.45, 2.75) is 19.9 Å². The van der Waals surface area contributed by atoms with Crippen LogP contribution in [0.5, 0.6) is 0 Å². The Balaban J connectivity index is 2.78. The number of halogens is 2. The quantitative estimate of drug-likeness (QED) is 0.799. The Morgan fingerprint density at radius 3 is 2.16 bits per heavy atom. The van der Waals surface area contributed by atoms with Crippen molar-refractivity contribution in [3.05, 3.63) is 28.2 Å². The largest absolute Gasteiger partial charge is 0.480 e. The summed E-state index contributed by atoms with van der Waals surface area (Å²) in [4.78, 5) is 22.7. The number of rotatable bonds is 4. The van der Waals surface area contributed by atoms with Crippen molar-refractivity contribution in [1.29, 1.82) is 0 Å². The minimum atomic E-state index is -1.10. The molecule has 0 bridgehead atoms. The molecule has 0 aliphatic carbocycles. The lowest BCUT2D eigenvalue weighted by atomic mass is 10.1. The van der Waals surface area contributed by atoms with Crippen LogP contribution in [0.4, 0.5) is 10.5 Å². The van der Waals surface area contributed by atoms with Gasteiger partial charge in [-0.25, -0.2) is 9.59 Å². The molecule has 1 aromatic rings. The van der Waals surface area contributed by atoms with E-state index in [1.807, 2.05) is 0 Å². The summed E-state index contributed by atoms with van der Waals surface area (Å²) in [6.45, 7) is 3.39. The SMILES string of the molecule is CC(C)[C@@H](NC(=O)Nc1c(Cl)cccc1Cl)C(=O)O. The second-order valence-corrected chi connectivity index (χ2v) is 5.07. The Bertz CT molecular complexity index is 472. The minimum absolute atomic E-state index is 0.245. The lowest BCUT2D eigenvalue weighted by Gasteiger charge is -2.18. The fourth-order valence-electron chi connectivity index (χ4n) is 1.42. The van der Waals surface area contributed by atoms with Gasteiger partial charge >= 0.3 is 12.0 Å². The third-order valence-corrected chi connectivity index (χ3v) is 3.05. The van der Waals surface area contributed by atoms with Gasteiger partial charge in [-0.3, -0.25) is 0 Å². The predicted octanol–water partition coefficient (Wildman–Crippen LogP) is 3.22. The number of carboxylic acid groups (broad SMARTS) is 1. The van der Waals surface area contributed by atoms with Crippen LogP contribution in [0.25, 0.3) is 0 Å². The normalized spacial score (nSPS) is 12.1. The number of carbonyl (C=O) groups excluding carboxylic acids is 1. The van der Waals surface area contributed by atoms with Gasteiger partial charge in [0.15, 0.2) is 0 Å². The van der Waals surface area contributed by atoms with E-state index in [1.165, 1.54) is 0 Å². The first-order chi connectivity index (χ1) is 8.82. The molecule has 1 rings (SSSR count). The van der Waals surface area contributed by atoms with Crippen LogP contribution in [0.15, 0.2) is 18.2 Å². The van der Waals surface area contributed by atoms with E-state index in [9.17, 15) is 9.59 Å². The van der Waals surface area contributed by atoms with Crippen LogP contribution in [0, 0.1) is 5.92 Å². The van der Waals surface area contributed by atoms with Gasteiger partial charge in [0.25, 0.3) is 0 Å². The van der Waals surface area contributed by atoms with Crippen molar-refractivity contribution in [1.82, 2.24) is 5.32 Å². The molecule has 0 fully saturated rings. The highest BCUT2D eigenvalue weighted by atomic mass is 35.5. The topological polar surface area (TPSA) is 78.4 Å². The van der Waals surface area contributed by atoms with Gasteiger partial charge in [0.05, 0.1) is 15.7 Å². The molecule has 1 aromatic carbocycles. The molecule has 0 heterocycles. The van der Waals surface area contributed by atoms with E-state index in [1.54, 1.807) is 32.0 Å². The standard InChI is InChI=1S/C12H14Cl2N2O3/c1-6(2)9(11(17)18)15-12(19)16-10-7(13)4-3-5-8(10)14/h3-6,9H,1-2H3,(H,17,18)(H2,15,16,19)/t9-/m1/s1. The van der Waals surface area contributed by atoms with Crippen molar-refractivity contribution < 1.29 is 14.7 Å². The van der Waals surface area contributed by atoms with Crippen molar-refractivity contribution in [2.24, 2.45) is 5.92 Å². The van der Waals surface area contributed by atoms with Crippen molar-refractivity contribution >= 4 is 40.9 Å². The zero-order valence-corrected chi connectivity index (χ0v) is 11.9. The predicted molar refractivity (Wildman–Crippen MR) is 74.9 cm³/mol. The average Bonchev–Trinajstić information content (AvgIpc) is 2.30. The number of nitrogens with one attached hydrogen (secondary N) is 2. The fourth-order valence-corrected chi connectivity index (χ4v) is 1.91. The summed E-state index contributed by atoms with van der Waals surface area (Å²) in [5, 5.41) is 14.3. The van der Waals surface area contributed by atoms with E-state index < -0.39 is 18.0 Å². The summed E-state index contributed by atoms with van der Waals surface area (Å²) in [6, 6.07) is 3.12. The number of para-hydroxylation sites is 1. The fraction of sp³-hybridized carbons (Fsp3) is 0.333. The zero-order valence-electron chi connectivity index (χ0n) is 10.4. The second kappa shape index (κ2) is 6.63. The molecule has 5 nitrogen and oxygen atoms in total. The van der Waals surface area contributed by atoms with Crippen LogP contribution in [0.1, 0.15) is 13.8 Å². The van der Waals surface area contributed by atoms with Crippen molar-refractivity contribution in [2.75, 3.05) is 5.32 Å². The maximum Gasteiger partial charge on any atom is 0.326 e. The summed E-state index contributed by atoms with van der Waals surface area (Å²) in [6.07, 6.45) is 0. The Labute approximate surface area is 120 Å². The smallest absolute Gasteiger partial charge is 0.326 e. The van der Waals surface area contributed by atoms with Gasteiger partial charge in [-0.2, -0.15) is 0 Å². The molecular formula is C12H14Cl2N2O3. The summed E-state index contributed by atoms with van der Waals surface area (Å²) >= 11 is 11.8. The van der Waals surface area contributed by atoms with Gasteiger partial charge in [-0.05, 0) is 18.1 Å². The number of carbonyl (C=O) groups is 2. The summed E-state index contributed by atoms with van der Waals surface area (Å²) in [5.41, 5.74) is 0.247. The van der Waals surface area contributed by atoms with Gasteiger partial charge in [-0.1, -0.05) is 43.1 Å². The molecule has 2 amide bonds. The molecule has 0 spiro atoms. The maximum atomic E-state index is 11.7. The summed E-state index contributed by atoms with van der Waals surface area (Å²) in [7, 11) is 0. The van der Waals surface area contributed by atoms with Crippen LogP contribution in [-0.2, 0) is 4.79 Å². The number of urea groups is 1. The van der Waals surface area contributed by atoms with Crippen molar-refractivity contribution in [3.8, 4) is 0 Å². The van der Waals surface area contributed by atoms with E-state index in [0.29, 0.717) is 0 Å². The molecule has 7 heteroatoms. The first-order valence-corrected chi connectivity index (χ1v) is 6.33.